The van der Waals surface area contributed by atoms with Crippen molar-refractivity contribution in [1.29, 1.82) is 0 Å². The Morgan fingerprint density at radius 1 is 1.38 bits per heavy atom. The molecule has 0 aromatic heterocycles. The first kappa shape index (κ1) is 16.5. The lowest BCUT2D eigenvalue weighted by molar-refractivity contribution is -0.121. The van der Waals surface area contributed by atoms with Gasteiger partial charge in [0.05, 0.1) is 0 Å². The molecule has 1 heterocycles. The zero-order valence-electron chi connectivity index (χ0n) is 14.1. The highest BCUT2D eigenvalue weighted by Gasteiger charge is 2.39. The fourth-order valence-electron chi connectivity index (χ4n) is 2.72. The van der Waals surface area contributed by atoms with E-state index < -0.39 is 0 Å². The summed E-state index contributed by atoms with van der Waals surface area (Å²) in [5.41, 5.74) is 3.15. The normalized spacial score (nSPS) is 17.2. The second-order valence-corrected chi connectivity index (χ2v) is 6.73. The molecule has 1 amide bonds. The third kappa shape index (κ3) is 4.58. The molecule has 1 aromatic carbocycles. The van der Waals surface area contributed by atoms with Crippen molar-refractivity contribution in [2.45, 2.75) is 63.7 Å². The summed E-state index contributed by atoms with van der Waals surface area (Å²) in [5, 5.41) is 14.6. The molecule has 1 aromatic rings. The number of hydrogen-bond donors (Lipinski definition) is 2. The van der Waals surface area contributed by atoms with Crippen LogP contribution in [0.25, 0.3) is 0 Å². The van der Waals surface area contributed by atoms with Crippen LogP contribution in [-0.2, 0) is 11.3 Å². The average Bonchev–Trinajstić information content (AvgIpc) is 3.48. The first-order chi connectivity index (χ1) is 11.6. The van der Waals surface area contributed by atoms with Crippen molar-refractivity contribution in [3.8, 4) is 12.3 Å². The van der Waals surface area contributed by atoms with Gasteiger partial charge in [-0.15, -0.1) is 12.3 Å². The molecule has 0 saturated heterocycles. The fourth-order valence-corrected chi connectivity index (χ4v) is 2.72. The van der Waals surface area contributed by atoms with Crippen LogP contribution in [0, 0.1) is 19.3 Å². The Bertz CT molecular complexity index is 679. The van der Waals surface area contributed by atoms with E-state index >= 15 is 0 Å². The van der Waals surface area contributed by atoms with Crippen LogP contribution in [0.3, 0.4) is 0 Å². The molecule has 1 aliphatic carbocycles. The van der Waals surface area contributed by atoms with Crippen LogP contribution < -0.4 is 10.6 Å². The molecule has 5 nitrogen and oxygen atoms in total. The van der Waals surface area contributed by atoms with Crippen molar-refractivity contribution in [3.63, 3.8) is 0 Å². The number of benzene rings is 1. The van der Waals surface area contributed by atoms with Crippen molar-refractivity contribution in [2.75, 3.05) is 5.32 Å². The van der Waals surface area contributed by atoms with Gasteiger partial charge in [0, 0.05) is 44.0 Å². The topological polar surface area (TPSA) is 65.8 Å². The van der Waals surface area contributed by atoms with Crippen molar-refractivity contribution in [3.05, 3.63) is 29.3 Å². The van der Waals surface area contributed by atoms with Crippen LogP contribution >= 0.6 is 0 Å². The van der Waals surface area contributed by atoms with Gasteiger partial charge in [-0.3, -0.25) is 4.79 Å². The number of anilines is 1. The average molecular weight is 324 g/mol. The summed E-state index contributed by atoms with van der Waals surface area (Å²) in [6, 6.07) is 6.95. The van der Waals surface area contributed by atoms with Gasteiger partial charge in [-0.05, 0) is 37.0 Å². The van der Waals surface area contributed by atoms with E-state index in [0.29, 0.717) is 31.8 Å². The first-order valence-corrected chi connectivity index (χ1v) is 8.60. The Balaban J connectivity index is 1.41. The van der Waals surface area contributed by atoms with E-state index in [1.54, 1.807) is 0 Å². The second kappa shape index (κ2) is 7.04. The highest BCUT2D eigenvalue weighted by molar-refractivity contribution is 5.76. The number of terminal acetylenes is 1. The van der Waals surface area contributed by atoms with Gasteiger partial charge in [-0.1, -0.05) is 12.1 Å². The summed E-state index contributed by atoms with van der Waals surface area (Å²) in [4.78, 5) is 12.0. The van der Waals surface area contributed by atoms with Crippen molar-refractivity contribution in [2.24, 2.45) is 10.2 Å². The van der Waals surface area contributed by atoms with Crippen LogP contribution in [0.4, 0.5) is 5.69 Å². The predicted molar refractivity (Wildman–Crippen MR) is 94.6 cm³/mol. The largest absolute Gasteiger partial charge is 0.382 e. The number of aryl methyl sites for hydroxylation is 1. The van der Waals surface area contributed by atoms with E-state index in [4.69, 9.17) is 6.42 Å². The molecule has 0 radical (unpaired) electrons. The third-order valence-electron chi connectivity index (χ3n) is 4.52. The summed E-state index contributed by atoms with van der Waals surface area (Å²) < 4.78 is 0. The van der Waals surface area contributed by atoms with E-state index in [2.05, 4.69) is 51.9 Å². The summed E-state index contributed by atoms with van der Waals surface area (Å²) in [7, 11) is 0. The quantitative estimate of drug-likeness (QED) is 0.682. The number of amides is 1. The number of nitrogens with one attached hydrogen (secondary N) is 2. The predicted octanol–water partition coefficient (Wildman–Crippen LogP) is 3.54. The maximum absolute atomic E-state index is 12.0. The summed E-state index contributed by atoms with van der Waals surface area (Å²) >= 11 is 0. The van der Waals surface area contributed by atoms with E-state index in [-0.39, 0.29) is 11.6 Å². The molecule has 1 aliphatic heterocycles. The number of carbonyl (C=O) groups excluding carboxylic acids is 1. The molecule has 0 unspecified atom stereocenters. The maximum Gasteiger partial charge on any atom is 0.220 e. The number of hydrogen-bond acceptors (Lipinski definition) is 4. The standard InChI is InChI=1S/C19H24N4O/c1-3-4-10-19(22-23-19)11-9-18(24)20-13-15-5-8-17(14(2)12-15)21-16-6-7-16/h1,5,8,12,16,21H,4,6-7,9-11,13H2,2H3,(H,20,24). The Morgan fingerprint density at radius 3 is 2.79 bits per heavy atom. The third-order valence-corrected chi connectivity index (χ3v) is 4.52. The molecule has 1 fully saturated rings. The summed E-state index contributed by atoms with van der Waals surface area (Å²) in [6.45, 7) is 2.65. The lowest BCUT2D eigenvalue weighted by Crippen LogP contribution is -2.24. The lowest BCUT2D eigenvalue weighted by atomic mass is 10.0. The number of rotatable bonds is 9. The minimum absolute atomic E-state index is 0.0326. The zero-order valence-corrected chi connectivity index (χ0v) is 14.1. The molecule has 1 saturated carbocycles. The molecule has 2 aliphatic rings. The molecule has 5 heteroatoms. The van der Waals surface area contributed by atoms with Gasteiger partial charge in [0.2, 0.25) is 5.91 Å². The van der Waals surface area contributed by atoms with Crippen LogP contribution in [0.2, 0.25) is 0 Å². The van der Waals surface area contributed by atoms with Crippen LogP contribution in [0.15, 0.2) is 28.4 Å². The van der Waals surface area contributed by atoms with Gasteiger partial charge in [0.15, 0.2) is 5.66 Å². The summed E-state index contributed by atoms with van der Waals surface area (Å²) in [6.07, 6.45) is 10.3. The first-order valence-electron chi connectivity index (χ1n) is 8.60. The van der Waals surface area contributed by atoms with Gasteiger partial charge < -0.3 is 10.6 Å². The van der Waals surface area contributed by atoms with Gasteiger partial charge in [0.25, 0.3) is 0 Å². The molecule has 2 N–H and O–H groups in total. The molecule has 24 heavy (non-hydrogen) atoms. The summed E-state index contributed by atoms with van der Waals surface area (Å²) in [5.74, 6) is 2.63. The molecule has 0 spiro atoms. The van der Waals surface area contributed by atoms with E-state index in [0.717, 1.165) is 12.0 Å². The minimum atomic E-state index is -0.379. The van der Waals surface area contributed by atoms with Crippen LogP contribution in [-0.4, -0.2) is 17.6 Å². The van der Waals surface area contributed by atoms with E-state index in [9.17, 15) is 4.79 Å². The molecule has 0 atom stereocenters. The van der Waals surface area contributed by atoms with Crippen molar-refractivity contribution >= 4 is 11.6 Å². The Hall–Kier alpha value is -2.35. The highest BCUT2D eigenvalue weighted by Crippen LogP contribution is 2.37. The molecule has 3 rings (SSSR count). The van der Waals surface area contributed by atoms with Crippen LogP contribution in [0.5, 0.6) is 0 Å². The molecule has 126 valence electrons. The second-order valence-electron chi connectivity index (χ2n) is 6.73. The highest BCUT2D eigenvalue weighted by atomic mass is 16.1. The molecular formula is C19H24N4O. The van der Waals surface area contributed by atoms with Gasteiger partial charge >= 0.3 is 0 Å². The smallest absolute Gasteiger partial charge is 0.220 e. The maximum atomic E-state index is 12.0. The molecular weight excluding hydrogens is 300 g/mol. The SMILES string of the molecule is C#CCCC1(CCC(=O)NCc2ccc(NC3CC3)c(C)c2)N=N1. The molecule has 0 bridgehead atoms. The monoisotopic (exact) mass is 324 g/mol. The fraction of sp³-hybridized carbons (Fsp3) is 0.526. The van der Waals surface area contributed by atoms with Gasteiger partial charge in [-0.25, -0.2) is 0 Å². The Labute approximate surface area is 143 Å². The van der Waals surface area contributed by atoms with Crippen LogP contribution in [0.1, 0.15) is 49.7 Å². The Morgan fingerprint density at radius 2 is 2.17 bits per heavy atom. The van der Waals surface area contributed by atoms with Crippen molar-refractivity contribution < 1.29 is 4.79 Å². The van der Waals surface area contributed by atoms with E-state index in [1.165, 1.54) is 24.1 Å². The number of nitrogens with zero attached hydrogens (tertiary/aromatic N) is 2. The van der Waals surface area contributed by atoms with Crippen molar-refractivity contribution in [1.82, 2.24) is 5.32 Å². The lowest BCUT2D eigenvalue weighted by Gasteiger charge is -2.12. The van der Waals surface area contributed by atoms with Gasteiger partial charge in [0.1, 0.15) is 0 Å². The van der Waals surface area contributed by atoms with Gasteiger partial charge in [-0.2, -0.15) is 10.2 Å². The Kier molecular flexibility index (Phi) is 4.84. The minimum Gasteiger partial charge on any atom is -0.382 e. The number of carbonyl (C=O) groups is 1. The van der Waals surface area contributed by atoms with E-state index in [1.807, 2.05) is 0 Å². The zero-order chi connectivity index (χ0) is 17.0.